The number of ether oxygens (including phenoxy) is 1. The normalized spacial score (nSPS) is 20.9. The van der Waals surface area contributed by atoms with Crippen molar-refractivity contribution in [2.75, 3.05) is 32.7 Å². The minimum atomic E-state index is -2.83. The molecule has 0 spiro atoms. The Labute approximate surface area is 259 Å². The molecule has 3 heterocycles. The summed E-state index contributed by atoms with van der Waals surface area (Å²) in [5.74, 6) is 0.598. The van der Waals surface area contributed by atoms with Crippen LogP contribution >= 0.6 is 0 Å². The summed E-state index contributed by atoms with van der Waals surface area (Å²) in [6.45, 7) is 10.8. The third kappa shape index (κ3) is 7.67. The molecule has 1 aromatic heterocycles. The van der Waals surface area contributed by atoms with Crippen LogP contribution in [-0.2, 0) is 17.8 Å². The van der Waals surface area contributed by atoms with Crippen LogP contribution in [-0.4, -0.2) is 76.0 Å². The number of aryl methyl sites for hydroxylation is 2. The zero-order valence-electron chi connectivity index (χ0n) is 26.3. The number of aliphatic carboxylic acids is 1. The average molecular weight is 609 g/mol. The summed E-state index contributed by atoms with van der Waals surface area (Å²) in [6.07, 6.45) is 2.75. The van der Waals surface area contributed by atoms with Crippen molar-refractivity contribution in [3.05, 3.63) is 82.7 Å². The van der Waals surface area contributed by atoms with E-state index in [0.29, 0.717) is 24.2 Å². The zero-order chi connectivity index (χ0) is 31.4. The zero-order valence-corrected chi connectivity index (χ0v) is 26.3. The van der Waals surface area contributed by atoms with Crippen molar-refractivity contribution in [3.8, 4) is 5.75 Å². The highest BCUT2D eigenvalue weighted by atomic mass is 19.3. The lowest BCUT2D eigenvalue weighted by atomic mass is 9.86. The van der Waals surface area contributed by atoms with E-state index in [0.717, 1.165) is 63.4 Å². The van der Waals surface area contributed by atoms with Gasteiger partial charge in [0.2, 0.25) is 0 Å². The number of hydrogen-bond acceptors (Lipinski definition) is 5. The Kier molecular flexibility index (Phi) is 10.4. The first-order valence-electron chi connectivity index (χ1n) is 16.0. The van der Waals surface area contributed by atoms with Crippen LogP contribution in [0.2, 0.25) is 0 Å². The lowest BCUT2D eigenvalue weighted by molar-refractivity contribution is -0.144. The Morgan fingerprint density at radius 3 is 2.41 bits per heavy atom. The van der Waals surface area contributed by atoms with Gasteiger partial charge in [0.25, 0.3) is 0 Å². The van der Waals surface area contributed by atoms with Crippen LogP contribution in [0, 0.1) is 18.8 Å². The van der Waals surface area contributed by atoms with E-state index in [2.05, 4.69) is 63.4 Å². The predicted octanol–water partition coefficient (Wildman–Crippen LogP) is 6.41. The van der Waals surface area contributed by atoms with Crippen molar-refractivity contribution in [3.63, 3.8) is 0 Å². The summed E-state index contributed by atoms with van der Waals surface area (Å²) in [5.41, 5.74) is 5.81. The molecule has 3 atom stereocenters. The van der Waals surface area contributed by atoms with E-state index in [4.69, 9.17) is 5.10 Å². The number of halogens is 2. The largest absolute Gasteiger partial charge is 0.480 e. The molecule has 5 rings (SSSR count). The second kappa shape index (κ2) is 14.2. The number of aromatic nitrogens is 2. The minimum absolute atomic E-state index is 0.0485. The molecular formula is C35H46F2N4O3. The minimum Gasteiger partial charge on any atom is -0.480 e. The summed E-state index contributed by atoms with van der Waals surface area (Å²) in [7, 11) is 0. The molecule has 1 N–H and O–H groups in total. The number of alkyl halides is 2. The Morgan fingerprint density at radius 2 is 1.80 bits per heavy atom. The number of carbonyl (C=O) groups is 1. The first kappa shape index (κ1) is 32.1. The van der Waals surface area contributed by atoms with E-state index in [1.807, 2.05) is 26.0 Å². The summed E-state index contributed by atoms with van der Waals surface area (Å²) in [6, 6.07) is 17.3. The second-order valence-corrected chi connectivity index (χ2v) is 12.9. The Balaban J connectivity index is 1.23. The molecule has 2 saturated heterocycles. The van der Waals surface area contributed by atoms with Crippen LogP contribution in [0.3, 0.4) is 0 Å². The quantitative estimate of drug-likeness (QED) is 0.256. The Hall–Kier alpha value is -3.30. The number of nitrogens with zero attached hydrogens (tertiary/aromatic N) is 4. The lowest BCUT2D eigenvalue weighted by Gasteiger charge is -2.35. The molecule has 2 fully saturated rings. The van der Waals surface area contributed by atoms with Gasteiger partial charge < -0.3 is 14.7 Å². The number of benzene rings is 2. The fraction of sp³-hybridized carbons (Fsp3) is 0.543. The van der Waals surface area contributed by atoms with Gasteiger partial charge in [0.1, 0.15) is 11.8 Å². The summed E-state index contributed by atoms with van der Waals surface area (Å²) in [5, 5.41) is 14.9. The van der Waals surface area contributed by atoms with Gasteiger partial charge in [0.05, 0.1) is 5.69 Å². The molecule has 0 aliphatic carbocycles. The molecule has 2 aliphatic rings. The molecule has 0 radical (unpaired) electrons. The maximum absolute atomic E-state index is 12.5. The van der Waals surface area contributed by atoms with Gasteiger partial charge in [-0.25, -0.2) is 0 Å². The summed E-state index contributed by atoms with van der Waals surface area (Å²) in [4.78, 5) is 17.0. The Bertz CT molecular complexity index is 1380. The standard InChI is InChI=1S/C35H46F2N4O3/c1-5-41-32(19-29(38-41)18-25-9-11-30(12-10-25)44-35(36)37)26-13-15-39(16-14-26)20-28-21-40(33(23(2)3)34(42)43)22-31(28)27-8-6-7-24(4)17-27/h6-12,17,19,23,26,28,31,33,35H,5,13-16,18,20-22H2,1-4H3,(H,42,43). The maximum Gasteiger partial charge on any atom is 0.387 e. The molecule has 3 unspecified atom stereocenters. The molecule has 0 saturated carbocycles. The summed E-state index contributed by atoms with van der Waals surface area (Å²) < 4.78 is 31.6. The van der Waals surface area contributed by atoms with Gasteiger partial charge in [-0.05, 0) is 80.9 Å². The topological polar surface area (TPSA) is 70.8 Å². The molecule has 238 valence electrons. The fourth-order valence-corrected chi connectivity index (χ4v) is 7.35. The van der Waals surface area contributed by atoms with Crippen LogP contribution in [0.5, 0.6) is 5.75 Å². The first-order valence-corrected chi connectivity index (χ1v) is 16.0. The van der Waals surface area contributed by atoms with E-state index in [-0.39, 0.29) is 11.7 Å². The molecule has 44 heavy (non-hydrogen) atoms. The van der Waals surface area contributed by atoms with E-state index in [1.54, 1.807) is 12.1 Å². The van der Waals surface area contributed by atoms with Crippen molar-refractivity contribution < 1.29 is 23.4 Å². The number of carboxylic acids is 1. The van der Waals surface area contributed by atoms with Crippen LogP contribution < -0.4 is 4.74 Å². The molecule has 0 bridgehead atoms. The molecule has 2 aromatic carbocycles. The van der Waals surface area contributed by atoms with Crippen molar-refractivity contribution in [2.24, 2.45) is 11.8 Å². The van der Waals surface area contributed by atoms with E-state index in [1.165, 1.54) is 16.8 Å². The van der Waals surface area contributed by atoms with Gasteiger partial charge in [-0.15, -0.1) is 0 Å². The third-order valence-electron chi connectivity index (χ3n) is 9.41. The van der Waals surface area contributed by atoms with Gasteiger partial charge in [-0.3, -0.25) is 14.4 Å². The molecule has 9 heteroatoms. The highest BCUT2D eigenvalue weighted by Crippen LogP contribution is 2.37. The molecule has 3 aromatic rings. The monoisotopic (exact) mass is 608 g/mol. The predicted molar refractivity (Wildman–Crippen MR) is 167 cm³/mol. The van der Waals surface area contributed by atoms with Crippen LogP contribution in [0.25, 0.3) is 0 Å². The van der Waals surface area contributed by atoms with Crippen molar-refractivity contribution >= 4 is 5.97 Å². The van der Waals surface area contributed by atoms with E-state index in [9.17, 15) is 18.7 Å². The molecular weight excluding hydrogens is 562 g/mol. The SMILES string of the molecule is CCn1nc(Cc2ccc(OC(F)F)cc2)cc1C1CCN(CC2CN(C(C(=O)O)C(C)C)CC2c2cccc(C)c2)CC1. The molecule has 7 nitrogen and oxygen atoms in total. The average Bonchev–Trinajstić information content (AvgIpc) is 3.58. The van der Waals surface area contributed by atoms with Gasteiger partial charge in [-0.2, -0.15) is 13.9 Å². The van der Waals surface area contributed by atoms with Gasteiger partial charge in [0, 0.05) is 50.1 Å². The molecule has 0 amide bonds. The number of carboxylic acid groups (broad SMARTS) is 1. The fourth-order valence-electron chi connectivity index (χ4n) is 7.35. The van der Waals surface area contributed by atoms with Gasteiger partial charge >= 0.3 is 12.6 Å². The highest BCUT2D eigenvalue weighted by molar-refractivity contribution is 5.73. The van der Waals surface area contributed by atoms with Crippen molar-refractivity contribution in [1.82, 2.24) is 19.6 Å². The highest BCUT2D eigenvalue weighted by Gasteiger charge is 2.41. The summed E-state index contributed by atoms with van der Waals surface area (Å²) >= 11 is 0. The number of likely N-dealkylation sites (tertiary alicyclic amines) is 2. The smallest absolute Gasteiger partial charge is 0.387 e. The van der Waals surface area contributed by atoms with Gasteiger partial charge in [-0.1, -0.05) is 55.8 Å². The maximum atomic E-state index is 12.5. The van der Waals surface area contributed by atoms with Crippen LogP contribution in [0.1, 0.15) is 73.5 Å². The van der Waals surface area contributed by atoms with Crippen molar-refractivity contribution in [2.45, 2.75) is 78.0 Å². The third-order valence-corrected chi connectivity index (χ3v) is 9.41. The first-order chi connectivity index (χ1) is 21.1. The number of rotatable bonds is 12. The number of piperidine rings is 1. The van der Waals surface area contributed by atoms with Crippen molar-refractivity contribution in [1.29, 1.82) is 0 Å². The molecule has 2 aliphatic heterocycles. The lowest BCUT2D eigenvalue weighted by Crippen LogP contribution is -2.44. The Morgan fingerprint density at radius 1 is 1.07 bits per heavy atom. The van der Waals surface area contributed by atoms with Gasteiger partial charge in [0.15, 0.2) is 0 Å². The van der Waals surface area contributed by atoms with E-state index >= 15 is 0 Å². The van der Waals surface area contributed by atoms with Crippen LogP contribution in [0.15, 0.2) is 54.6 Å². The van der Waals surface area contributed by atoms with E-state index < -0.39 is 18.6 Å². The number of hydrogen-bond donors (Lipinski definition) is 1. The second-order valence-electron chi connectivity index (χ2n) is 12.9. The van der Waals surface area contributed by atoms with Crippen LogP contribution in [0.4, 0.5) is 8.78 Å².